The van der Waals surface area contributed by atoms with Crippen molar-refractivity contribution in [1.82, 2.24) is 0 Å². The maximum absolute atomic E-state index is 11.2. The Balaban J connectivity index is 1.70. The van der Waals surface area contributed by atoms with E-state index in [2.05, 4.69) is 0 Å². The van der Waals surface area contributed by atoms with Crippen LogP contribution >= 0.6 is 0 Å². The van der Waals surface area contributed by atoms with E-state index in [4.69, 9.17) is 14.2 Å². The second-order valence-electron chi connectivity index (χ2n) is 4.75. The number of cyclic esters (lactones) is 1. The zero-order valence-electron chi connectivity index (χ0n) is 11.0. The largest absolute Gasteiger partial charge is 0.505 e. The Kier molecular flexibility index (Phi) is 3.43. The van der Waals surface area contributed by atoms with Crippen LogP contribution in [0, 0.1) is 10.1 Å². The lowest BCUT2D eigenvalue weighted by atomic mass is 10.2. The molecule has 9 nitrogen and oxygen atoms in total. The van der Waals surface area contributed by atoms with Crippen molar-refractivity contribution in [2.24, 2.45) is 0 Å². The summed E-state index contributed by atoms with van der Waals surface area (Å²) in [6.45, 7) is 0.0247. The molecule has 1 fully saturated rings. The number of benzene rings is 1. The Morgan fingerprint density at radius 2 is 1.91 bits per heavy atom. The fraction of sp³-hybridized carbons (Fsp3) is 0.308. The summed E-state index contributed by atoms with van der Waals surface area (Å²) >= 11 is 0. The lowest BCUT2D eigenvalue weighted by molar-refractivity contribution is -0.384. The summed E-state index contributed by atoms with van der Waals surface area (Å²) in [5, 5.41) is 29.5. The third kappa shape index (κ3) is 2.36. The van der Waals surface area contributed by atoms with Gasteiger partial charge in [-0.1, -0.05) is 0 Å². The molecule has 0 amide bonds. The SMILES string of the molecule is O=C1O[C@H]([C@@H]2COC(c3ccc([N+](=O)[O-])cc3)O2)C(O)=C1O. The number of carbonyl (C=O) groups excluding carboxylic acids is 1. The van der Waals surface area contributed by atoms with Crippen molar-refractivity contribution < 1.29 is 34.1 Å². The van der Waals surface area contributed by atoms with Crippen molar-refractivity contribution >= 4 is 11.7 Å². The van der Waals surface area contributed by atoms with Gasteiger partial charge in [0.25, 0.3) is 5.69 Å². The van der Waals surface area contributed by atoms with Gasteiger partial charge in [-0.3, -0.25) is 10.1 Å². The summed E-state index contributed by atoms with van der Waals surface area (Å²) < 4.78 is 15.7. The number of hydrogen-bond donors (Lipinski definition) is 2. The van der Waals surface area contributed by atoms with E-state index in [1.807, 2.05) is 0 Å². The van der Waals surface area contributed by atoms with Gasteiger partial charge in [0.1, 0.15) is 6.10 Å². The molecule has 0 spiro atoms. The van der Waals surface area contributed by atoms with Gasteiger partial charge in [0.2, 0.25) is 5.76 Å². The number of esters is 1. The maximum Gasteiger partial charge on any atom is 0.377 e. The minimum Gasteiger partial charge on any atom is -0.505 e. The Hall–Kier alpha value is -2.65. The van der Waals surface area contributed by atoms with Gasteiger partial charge in [0.05, 0.1) is 11.5 Å². The molecule has 1 aromatic carbocycles. The average Bonchev–Trinajstić information content (AvgIpc) is 3.08. The second kappa shape index (κ2) is 5.28. The molecule has 2 aliphatic rings. The molecular formula is C13H11NO8. The number of nitro groups is 1. The molecule has 2 heterocycles. The summed E-state index contributed by atoms with van der Waals surface area (Å²) in [5.41, 5.74) is 0.485. The summed E-state index contributed by atoms with van der Waals surface area (Å²) in [6, 6.07) is 5.60. The molecule has 1 saturated heterocycles. The van der Waals surface area contributed by atoms with E-state index in [0.717, 1.165) is 0 Å². The highest BCUT2D eigenvalue weighted by Crippen LogP contribution is 2.33. The Morgan fingerprint density at radius 3 is 2.45 bits per heavy atom. The molecule has 1 aromatic rings. The number of ether oxygens (including phenoxy) is 3. The quantitative estimate of drug-likeness (QED) is 0.485. The molecule has 2 N–H and O–H groups in total. The highest BCUT2D eigenvalue weighted by atomic mass is 16.7. The molecule has 22 heavy (non-hydrogen) atoms. The van der Waals surface area contributed by atoms with Gasteiger partial charge in [-0.2, -0.15) is 0 Å². The van der Waals surface area contributed by atoms with Crippen LogP contribution in [0.4, 0.5) is 5.69 Å². The first-order valence-corrected chi connectivity index (χ1v) is 6.32. The minimum atomic E-state index is -1.13. The monoisotopic (exact) mass is 309 g/mol. The Morgan fingerprint density at radius 1 is 1.23 bits per heavy atom. The first-order valence-electron chi connectivity index (χ1n) is 6.32. The third-order valence-corrected chi connectivity index (χ3v) is 3.36. The van der Waals surface area contributed by atoms with E-state index in [1.165, 1.54) is 24.3 Å². The predicted octanol–water partition coefficient (Wildman–Crippen LogP) is 1.26. The predicted molar refractivity (Wildman–Crippen MR) is 68.8 cm³/mol. The molecule has 0 radical (unpaired) electrons. The number of aliphatic hydroxyl groups is 2. The lowest BCUT2D eigenvalue weighted by Crippen LogP contribution is -2.30. The zero-order valence-corrected chi connectivity index (χ0v) is 11.0. The van der Waals surface area contributed by atoms with Crippen LogP contribution in [0.25, 0.3) is 0 Å². The topological polar surface area (TPSA) is 128 Å². The van der Waals surface area contributed by atoms with Gasteiger partial charge >= 0.3 is 5.97 Å². The molecule has 3 atom stereocenters. The smallest absolute Gasteiger partial charge is 0.377 e. The van der Waals surface area contributed by atoms with Crippen LogP contribution < -0.4 is 0 Å². The van der Waals surface area contributed by atoms with Crippen molar-refractivity contribution in [2.75, 3.05) is 6.61 Å². The number of nitrogens with zero attached hydrogens (tertiary/aromatic N) is 1. The molecule has 2 aliphatic heterocycles. The van der Waals surface area contributed by atoms with Crippen LogP contribution in [0.5, 0.6) is 0 Å². The fourth-order valence-corrected chi connectivity index (χ4v) is 2.22. The lowest BCUT2D eigenvalue weighted by Gasteiger charge is -2.16. The summed E-state index contributed by atoms with van der Waals surface area (Å²) in [4.78, 5) is 21.2. The summed E-state index contributed by atoms with van der Waals surface area (Å²) in [5.74, 6) is -2.46. The average molecular weight is 309 g/mol. The molecule has 0 bridgehead atoms. The Labute approximate surface area is 123 Å². The number of hydrogen-bond acceptors (Lipinski definition) is 8. The van der Waals surface area contributed by atoms with E-state index in [0.29, 0.717) is 5.56 Å². The van der Waals surface area contributed by atoms with Gasteiger partial charge < -0.3 is 24.4 Å². The van der Waals surface area contributed by atoms with Gasteiger partial charge in [-0.15, -0.1) is 0 Å². The van der Waals surface area contributed by atoms with Crippen LogP contribution in [-0.2, 0) is 19.0 Å². The van der Waals surface area contributed by atoms with Crippen LogP contribution in [0.15, 0.2) is 35.8 Å². The van der Waals surface area contributed by atoms with Crippen molar-refractivity contribution in [3.05, 3.63) is 51.5 Å². The fourth-order valence-electron chi connectivity index (χ4n) is 2.22. The normalized spacial score (nSPS) is 28.0. The zero-order chi connectivity index (χ0) is 15.9. The molecule has 1 unspecified atom stereocenters. The third-order valence-electron chi connectivity index (χ3n) is 3.36. The van der Waals surface area contributed by atoms with Crippen LogP contribution in [0.3, 0.4) is 0 Å². The van der Waals surface area contributed by atoms with Gasteiger partial charge in [-0.05, 0) is 12.1 Å². The maximum atomic E-state index is 11.2. The van der Waals surface area contributed by atoms with E-state index in [9.17, 15) is 25.1 Å². The van der Waals surface area contributed by atoms with E-state index < -0.39 is 40.9 Å². The number of non-ortho nitro benzene ring substituents is 1. The van der Waals surface area contributed by atoms with Crippen LogP contribution in [-0.4, -0.2) is 39.9 Å². The number of aliphatic hydroxyl groups excluding tert-OH is 2. The van der Waals surface area contributed by atoms with Crippen molar-refractivity contribution in [2.45, 2.75) is 18.5 Å². The Bertz CT molecular complexity index is 653. The minimum absolute atomic E-state index is 0.0247. The first-order chi connectivity index (χ1) is 10.5. The van der Waals surface area contributed by atoms with Crippen molar-refractivity contribution in [3.63, 3.8) is 0 Å². The molecule has 9 heteroatoms. The van der Waals surface area contributed by atoms with Gasteiger partial charge in [-0.25, -0.2) is 4.79 Å². The van der Waals surface area contributed by atoms with E-state index >= 15 is 0 Å². The standard InChI is InChI=1S/C13H11NO8/c15-9-10(16)12(17)22-11(9)8-5-20-13(21-8)6-1-3-7(4-2-6)14(18)19/h1-4,8,11,13,15-16H,5H2/t8-,11+,13?/m0/s1. The van der Waals surface area contributed by atoms with E-state index in [-0.39, 0.29) is 12.3 Å². The molecule has 0 aliphatic carbocycles. The van der Waals surface area contributed by atoms with Crippen LogP contribution in [0.2, 0.25) is 0 Å². The highest BCUT2D eigenvalue weighted by Gasteiger charge is 2.44. The van der Waals surface area contributed by atoms with Crippen molar-refractivity contribution in [3.8, 4) is 0 Å². The number of carbonyl (C=O) groups is 1. The number of nitro benzene ring substituents is 1. The van der Waals surface area contributed by atoms with Gasteiger partial charge in [0, 0.05) is 17.7 Å². The molecular weight excluding hydrogens is 298 g/mol. The summed E-state index contributed by atoms with van der Waals surface area (Å²) in [7, 11) is 0. The first kappa shape index (κ1) is 14.3. The van der Waals surface area contributed by atoms with Crippen molar-refractivity contribution in [1.29, 1.82) is 0 Å². The van der Waals surface area contributed by atoms with Crippen LogP contribution in [0.1, 0.15) is 11.9 Å². The highest BCUT2D eigenvalue weighted by molar-refractivity contribution is 5.89. The molecule has 0 saturated carbocycles. The number of rotatable bonds is 3. The molecule has 116 valence electrons. The molecule has 3 rings (SSSR count). The van der Waals surface area contributed by atoms with Gasteiger partial charge in [0.15, 0.2) is 18.2 Å². The summed E-state index contributed by atoms with van der Waals surface area (Å²) in [6.07, 6.45) is -2.72. The second-order valence-corrected chi connectivity index (χ2v) is 4.75. The molecule has 0 aromatic heterocycles. The van der Waals surface area contributed by atoms with E-state index in [1.54, 1.807) is 0 Å².